The zero-order valence-electron chi connectivity index (χ0n) is 8.79. The molecular weight excluding hydrogens is 194 g/mol. The summed E-state index contributed by atoms with van der Waals surface area (Å²) < 4.78 is 1.55. The molecule has 0 aliphatic heterocycles. The number of aryl methyl sites for hydroxylation is 2. The van der Waals surface area contributed by atoms with Crippen molar-refractivity contribution in [2.24, 2.45) is 7.05 Å². The number of aromatic nitrogens is 3. The first-order valence-corrected chi connectivity index (χ1v) is 4.57. The van der Waals surface area contributed by atoms with E-state index in [9.17, 15) is 9.59 Å². The largest absolute Gasteiger partial charge is 0.294 e. The van der Waals surface area contributed by atoms with Crippen LogP contribution in [0.5, 0.6) is 0 Å². The quantitative estimate of drug-likeness (QED) is 0.699. The standard InChI is InChI=1S/C10H11N3O2/c1-5-7(6(2)14)4-11-9-8(5)10(15)12-13(9)3/h4H,1-3H3,(H,12,15). The Hall–Kier alpha value is -1.91. The Kier molecular flexibility index (Phi) is 1.96. The van der Waals surface area contributed by atoms with E-state index in [1.807, 2.05) is 0 Å². The summed E-state index contributed by atoms with van der Waals surface area (Å²) in [6.45, 7) is 3.23. The highest BCUT2D eigenvalue weighted by atomic mass is 16.1. The normalized spacial score (nSPS) is 10.9. The van der Waals surface area contributed by atoms with E-state index in [0.29, 0.717) is 22.2 Å². The van der Waals surface area contributed by atoms with Gasteiger partial charge in [0.15, 0.2) is 11.4 Å². The highest BCUT2D eigenvalue weighted by Crippen LogP contribution is 2.15. The van der Waals surface area contributed by atoms with Gasteiger partial charge in [-0.25, -0.2) is 4.98 Å². The Labute approximate surface area is 85.7 Å². The van der Waals surface area contributed by atoms with Crippen LogP contribution in [0.15, 0.2) is 11.0 Å². The Morgan fingerprint density at radius 1 is 1.53 bits per heavy atom. The number of ketones is 1. The van der Waals surface area contributed by atoms with E-state index in [1.54, 1.807) is 18.7 Å². The van der Waals surface area contributed by atoms with Crippen LogP contribution >= 0.6 is 0 Å². The van der Waals surface area contributed by atoms with Gasteiger partial charge in [0.2, 0.25) is 0 Å². The lowest BCUT2D eigenvalue weighted by atomic mass is 10.1. The number of H-pyrrole nitrogens is 1. The van der Waals surface area contributed by atoms with Crippen LogP contribution in [0, 0.1) is 6.92 Å². The van der Waals surface area contributed by atoms with Gasteiger partial charge in [-0.05, 0) is 19.4 Å². The van der Waals surface area contributed by atoms with Crippen LogP contribution in [0.25, 0.3) is 11.0 Å². The van der Waals surface area contributed by atoms with Crippen molar-refractivity contribution in [2.75, 3.05) is 0 Å². The van der Waals surface area contributed by atoms with Gasteiger partial charge in [0.1, 0.15) is 0 Å². The summed E-state index contributed by atoms with van der Waals surface area (Å²) in [5.41, 5.74) is 1.55. The van der Waals surface area contributed by atoms with Gasteiger partial charge in [0, 0.05) is 18.8 Å². The second kappa shape index (κ2) is 3.05. The van der Waals surface area contributed by atoms with E-state index in [1.165, 1.54) is 13.1 Å². The van der Waals surface area contributed by atoms with Gasteiger partial charge in [-0.1, -0.05) is 0 Å². The highest BCUT2D eigenvalue weighted by Gasteiger charge is 2.13. The molecule has 0 unspecified atom stereocenters. The second-order valence-electron chi connectivity index (χ2n) is 3.55. The van der Waals surface area contributed by atoms with Gasteiger partial charge < -0.3 is 0 Å². The zero-order valence-corrected chi connectivity index (χ0v) is 8.79. The summed E-state index contributed by atoms with van der Waals surface area (Å²) in [5, 5.41) is 3.10. The van der Waals surface area contributed by atoms with E-state index in [-0.39, 0.29) is 11.3 Å². The molecule has 0 aliphatic carbocycles. The third-order valence-corrected chi connectivity index (χ3v) is 2.51. The van der Waals surface area contributed by atoms with Crippen LogP contribution < -0.4 is 5.56 Å². The Morgan fingerprint density at radius 2 is 2.20 bits per heavy atom. The molecule has 15 heavy (non-hydrogen) atoms. The van der Waals surface area contributed by atoms with Crippen LogP contribution in [-0.4, -0.2) is 20.5 Å². The average Bonchev–Trinajstić information content (AvgIpc) is 2.43. The molecule has 5 heteroatoms. The van der Waals surface area contributed by atoms with Gasteiger partial charge >= 0.3 is 0 Å². The Morgan fingerprint density at radius 3 is 2.80 bits per heavy atom. The molecule has 0 aromatic carbocycles. The SMILES string of the molecule is CC(=O)c1cnc2c(c1C)c(=O)[nH]n2C. The first kappa shape index (κ1) is 9.64. The molecule has 0 spiro atoms. The minimum absolute atomic E-state index is 0.0786. The molecule has 0 saturated carbocycles. The van der Waals surface area contributed by atoms with Crippen molar-refractivity contribution >= 4 is 16.8 Å². The van der Waals surface area contributed by atoms with Gasteiger partial charge in [-0.2, -0.15) is 0 Å². The molecule has 5 nitrogen and oxygen atoms in total. The molecule has 0 saturated heterocycles. The maximum Gasteiger partial charge on any atom is 0.273 e. The van der Waals surface area contributed by atoms with Crippen LogP contribution in [0.1, 0.15) is 22.8 Å². The first-order chi connectivity index (χ1) is 7.02. The minimum atomic E-state index is -0.208. The van der Waals surface area contributed by atoms with Gasteiger partial charge in [-0.3, -0.25) is 19.4 Å². The number of Topliss-reactive ketones (excluding diaryl/α,β-unsaturated/α-hetero) is 1. The molecule has 2 aromatic heterocycles. The number of carbonyl (C=O) groups excluding carboxylic acids is 1. The van der Waals surface area contributed by atoms with Crippen molar-refractivity contribution in [3.05, 3.63) is 27.7 Å². The number of hydrogen-bond donors (Lipinski definition) is 1. The summed E-state index contributed by atoms with van der Waals surface area (Å²) >= 11 is 0. The van der Waals surface area contributed by atoms with Crippen molar-refractivity contribution < 1.29 is 4.79 Å². The van der Waals surface area contributed by atoms with Crippen molar-refractivity contribution in [2.45, 2.75) is 13.8 Å². The lowest BCUT2D eigenvalue weighted by Crippen LogP contribution is -2.04. The molecule has 78 valence electrons. The third kappa shape index (κ3) is 1.27. The van der Waals surface area contributed by atoms with Gasteiger partial charge in [0.25, 0.3) is 5.56 Å². The number of pyridine rings is 1. The van der Waals surface area contributed by atoms with E-state index < -0.39 is 0 Å². The number of rotatable bonds is 1. The lowest BCUT2D eigenvalue weighted by Gasteiger charge is -2.01. The number of aromatic amines is 1. The Balaban J connectivity index is 2.96. The molecule has 0 amide bonds. The van der Waals surface area contributed by atoms with Crippen molar-refractivity contribution in [3.63, 3.8) is 0 Å². The van der Waals surface area contributed by atoms with E-state index in [0.717, 1.165) is 0 Å². The average molecular weight is 205 g/mol. The van der Waals surface area contributed by atoms with E-state index >= 15 is 0 Å². The second-order valence-corrected chi connectivity index (χ2v) is 3.55. The van der Waals surface area contributed by atoms with E-state index in [2.05, 4.69) is 10.1 Å². The maximum atomic E-state index is 11.6. The molecule has 2 rings (SSSR count). The number of fused-ring (bicyclic) bond motifs is 1. The lowest BCUT2D eigenvalue weighted by molar-refractivity contribution is 0.101. The molecule has 0 bridgehead atoms. The van der Waals surface area contributed by atoms with Crippen LogP contribution in [0.2, 0.25) is 0 Å². The highest BCUT2D eigenvalue weighted by molar-refractivity contribution is 5.99. The summed E-state index contributed by atoms with van der Waals surface area (Å²) in [4.78, 5) is 26.9. The van der Waals surface area contributed by atoms with Crippen molar-refractivity contribution in [1.82, 2.24) is 14.8 Å². The third-order valence-electron chi connectivity index (χ3n) is 2.51. The van der Waals surface area contributed by atoms with Crippen LogP contribution in [-0.2, 0) is 7.05 Å². The zero-order chi connectivity index (χ0) is 11.2. The van der Waals surface area contributed by atoms with Gasteiger partial charge in [-0.15, -0.1) is 0 Å². The summed E-state index contributed by atoms with van der Waals surface area (Å²) in [6, 6.07) is 0. The fourth-order valence-electron chi connectivity index (χ4n) is 1.73. The summed E-state index contributed by atoms with van der Waals surface area (Å²) in [5.74, 6) is -0.0786. The molecule has 0 fully saturated rings. The van der Waals surface area contributed by atoms with Crippen molar-refractivity contribution in [1.29, 1.82) is 0 Å². The molecule has 0 aliphatic rings. The molecule has 0 atom stereocenters. The number of nitrogens with one attached hydrogen (secondary N) is 1. The van der Waals surface area contributed by atoms with Crippen molar-refractivity contribution in [3.8, 4) is 0 Å². The molecule has 0 radical (unpaired) electrons. The van der Waals surface area contributed by atoms with Crippen LogP contribution in [0.4, 0.5) is 0 Å². The predicted octanol–water partition coefficient (Wildman–Crippen LogP) is 0.773. The first-order valence-electron chi connectivity index (χ1n) is 4.57. The molecular formula is C10H11N3O2. The monoisotopic (exact) mass is 205 g/mol. The minimum Gasteiger partial charge on any atom is -0.294 e. The van der Waals surface area contributed by atoms with Crippen LogP contribution in [0.3, 0.4) is 0 Å². The summed E-state index contributed by atoms with van der Waals surface area (Å²) in [6.07, 6.45) is 1.51. The predicted molar refractivity (Wildman–Crippen MR) is 56.1 cm³/mol. The maximum absolute atomic E-state index is 11.6. The number of carbonyl (C=O) groups is 1. The number of nitrogens with zero attached hydrogens (tertiary/aromatic N) is 2. The smallest absolute Gasteiger partial charge is 0.273 e. The molecule has 2 aromatic rings. The van der Waals surface area contributed by atoms with Gasteiger partial charge in [0.05, 0.1) is 5.39 Å². The molecule has 1 N–H and O–H groups in total. The molecule has 2 heterocycles. The topological polar surface area (TPSA) is 67.8 Å². The fraction of sp³-hybridized carbons (Fsp3) is 0.300. The fourth-order valence-corrected chi connectivity index (χ4v) is 1.73. The van der Waals surface area contributed by atoms with E-state index in [4.69, 9.17) is 0 Å². The summed E-state index contributed by atoms with van der Waals surface area (Å²) in [7, 11) is 1.71. The Bertz CT molecular complexity index is 607. The number of hydrogen-bond acceptors (Lipinski definition) is 3.